The van der Waals surface area contributed by atoms with E-state index in [-0.39, 0.29) is 0 Å². The lowest BCUT2D eigenvalue weighted by Gasteiger charge is -2.37. The van der Waals surface area contributed by atoms with Gasteiger partial charge in [0.15, 0.2) is 28.7 Å². The summed E-state index contributed by atoms with van der Waals surface area (Å²) in [6, 6.07) is 43.8. The van der Waals surface area contributed by atoms with E-state index in [1.165, 1.54) is 10.4 Å². The molecular formula is C36H27NO3Si. The predicted molar refractivity (Wildman–Crippen MR) is 168 cm³/mol. The maximum Gasteiger partial charge on any atom is 0.194 e. The van der Waals surface area contributed by atoms with E-state index in [1.807, 2.05) is 36.4 Å². The van der Waals surface area contributed by atoms with Crippen LogP contribution in [0.3, 0.4) is 0 Å². The van der Waals surface area contributed by atoms with E-state index in [0.717, 1.165) is 39.3 Å². The Hall–Kier alpha value is -5.00. The molecule has 0 spiro atoms. The summed E-state index contributed by atoms with van der Waals surface area (Å²) in [5.74, 6) is 4.58. The monoisotopic (exact) mass is 549 g/mol. The average molecular weight is 550 g/mol. The molecule has 6 aromatic carbocycles. The molecule has 4 nitrogen and oxygen atoms in total. The van der Waals surface area contributed by atoms with Crippen molar-refractivity contribution in [3.8, 4) is 34.5 Å². The molecule has 0 amide bonds. The first-order valence-electron chi connectivity index (χ1n) is 13.9. The first-order chi connectivity index (χ1) is 20.1. The summed E-state index contributed by atoms with van der Waals surface area (Å²) >= 11 is 0. The van der Waals surface area contributed by atoms with Crippen molar-refractivity contribution in [1.29, 1.82) is 0 Å². The second-order valence-electron chi connectivity index (χ2n) is 11.0. The zero-order chi connectivity index (χ0) is 27.6. The Morgan fingerprint density at radius 2 is 0.976 bits per heavy atom. The van der Waals surface area contributed by atoms with E-state index < -0.39 is 8.07 Å². The molecule has 0 saturated carbocycles. The van der Waals surface area contributed by atoms with Crippen LogP contribution >= 0.6 is 0 Å². The smallest absolute Gasteiger partial charge is 0.194 e. The summed E-state index contributed by atoms with van der Waals surface area (Å²) in [6.45, 7) is 4.80. The standard InChI is InChI=1S/C36H27NO3Si/c1-41(2)33-22-8-7-20-31(33)40-36-28(17-11-23-34(36)41)37(26-15-9-13-24-12-3-4-14-25(24)26)27-16-10-21-32-35(27)39-30-19-6-5-18-29(30)38-32/h3-23H,1-2H3. The number of hydrogen-bond donors (Lipinski definition) is 0. The molecule has 2 aliphatic rings. The number of fused-ring (bicyclic) bond motifs is 5. The summed E-state index contributed by atoms with van der Waals surface area (Å²) in [6.07, 6.45) is 0. The van der Waals surface area contributed by atoms with Crippen LogP contribution in [0, 0.1) is 0 Å². The fourth-order valence-corrected chi connectivity index (χ4v) is 8.94. The minimum absolute atomic E-state index is 0.671. The molecule has 0 N–H and O–H groups in total. The molecule has 0 unspecified atom stereocenters. The van der Waals surface area contributed by atoms with Gasteiger partial charge in [-0.25, -0.2) is 0 Å². The van der Waals surface area contributed by atoms with Crippen LogP contribution in [0.4, 0.5) is 17.1 Å². The largest absolute Gasteiger partial charge is 0.455 e. The van der Waals surface area contributed by atoms with Gasteiger partial charge in [-0.3, -0.25) is 0 Å². The molecule has 8 rings (SSSR count). The van der Waals surface area contributed by atoms with E-state index >= 15 is 0 Å². The van der Waals surface area contributed by atoms with Crippen molar-refractivity contribution in [2.45, 2.75) is 13.1 Å². The number of nitrogens with zero attached hydrogens (tertiary/aromatic N) is 1. The maximum absolute atomic E-state index is 6.80. The molecule has 5 heteroatoms. The quantitative estimate of drug-likeness (QED) is 0.206. The second kappa shape index (κ2) is 9.01. The lowest BCUT2D eigenvalue weighted by Crippen LogP contribution is -2.56. The molecule has 198 valence electrons. The molecule has 0 saturated heterocycles. The molecule has 0 aliphatic carbocycles. The highest BCUT2D eigenvalue weighted by Crippen LogP contribution is 2.54. The van der Waals surface area contributed by atoms with Crippen molar-refractivity contribution in [3.63, 3.8) is 0 Å². The van der Waals surface area contributed by atoms with Crippen molar-refractivity contribution in [3.05, 3.63) is 127 Å². The first kappa shape index (κ1) is 23.8. The van der Waals surface area contributed by atoms with Crippen LogP contribution in [0.5, 0.6) is 34.5 Å². The van der Waals surface area contributed by atoms with Gasteiger partial charge in [0, 0.05) is 5.39 Å². The SMILES string of the molecule is C[Si]1(C)c2ccccc2Oc2c(N(c3cccc4c3Oc3ccccc3O4)c3cccc4ccccc34)cccc21. The maximum atomic E-state index is 6.80. The van der Waals surface area contributed by atoms with Gasteiger partial charge in [-0.05, 0) is 58.2 Å². The lowest BCUT2D eigenvalue weighted by atomic mass is 10.1. The molecule has 0 fully saturated rings. The molecule has 0 aromatic heterocycles. The Labute approximate surface area is 240 Å². The van der Waals surface area contributed by atoms with Gasteiger partial charge in [-0.1, -0.05) is 98.0 Å². The third-order valence-corrected chi connectivity index (χ3v) is 11.7. The fraction of sp³-hybridized carbons (Fsp3) is 0.0556. The number of hydrogen-bond acceptors (Lipinski definition) is 4. The van der Waals surface area contributed by atoms with Gasteiger partial charge in [-0.2, -0.15) is 0 Å². The molecular weight excluding hydrogens is 522 g/mol. The first-order valence-corrected chi connectivity index (χ1v) is 16.9. The summed E-state index contributed by atoms with van der Waals surface area (Å²) in [5, 5.41) is 4.88. The Kier molecular flexibility index (Phi) is 5.24. The van der Waals surface area contributed by atoms with Gasteiger partial charge in [0.25, 0.3) is 0 Å². The summed E-state index contributed by atoms with van der Waals surface area (Å²) < 4.78 is 19.7. The molecule has 0 bridgehead atoms. The average Bonchev–Trinajstić information content (AvgIpc) is 3.01. The van der Waals surface area contributed by atoms with Crippen LogP contribution in [0.15, 0.2) is 127 Å². The highest BCUT2D eigenvalue weighted by atomic mass is 28.3. The van der Waals surface area contributed by atoms with Gasteiger partial charge >= 0.3 is 0 Å². The molecule has 0 atom stereocenters. The molecule has 0 radical (unpaired) electrons. The number of benzene rings is 6. The van der Waals surface area contributed by atoms with E-state index in [1.54, 1.807) is 0 Å². The van der Waals surface area contributed by atoms with Crippen LogP contribution in [-0.4, -0.2) is 8.07 Å². The van der Waals surface area contributed by atoms with Crippen LogP contribution < -0.4 is 29.5 Å². The van der Waals surface area contributed by atoms with Gasteiger partial charge in [0.05, 0.1) is 17.1 Å². The highest BCUT2D eigenvalue weighted by Gasteiger charge is 2.39. The topological polar surface area (TPSA) is 30.9 Å². The van der Waals surface area contributed by atoms with Crippen molar-refractivity contribution in [2.24, 2.45) is 0 Å². The summed E-state index contributed by atoms with van der Waals surface area (Å²) in [5.41, 5.74) is 2.88. The highest BCUT2D eigenvalue weighted by molar-refractivity contribution is 7.01. The summed E-state index contributed by atoms with van der Waals surface area (Å²) in [4.78, 5) is 2.27. The van der Waals surface area contributed by atoms with Crippen LogP contribution in [0.25, 0.3) is 10.8 Å². The molecule has 6 aromatic rings. The normalized spacial score (nSPS) is 13.9. The van der Waals surface area contributed by atoms with Crippen molar-refractivity contribution in [2.75, 3.05) is 4.90 Å². The van der Waals surface area contributed by atoms with Gasteiger partial charge in [-0.15, -0.1) is 0 Å². The lowest BCUT2D eigenvalue weighted by molar-refractivity contribution is 0.360. The Balaban J connectivity index is 1.41. The van der Waals surface area contributed by atoms with Crippen molar-refractivity contribution >= 4 is 46.3 Å². The van der Waals surface area contributed by atoms with E-state index in [2.05, 4.69) is 109 Å². The predicted octanol–water partition coefficient (Wildman–Crippen LogP) is 9.14. The number of rotatable bonds is 3. The number of ether oxygens (including phenoxy) is 3. The zero-order valence-electron chi connectivity index (χ0n) is 22.8. The van der Waals surface area contributed by atoms with E-state index in [0.29, 0.717) is 23.0 Å². The Morgan fingerprint density at radius 3 is 1.83 bits per heavy atom. The molecule has 41 heavy (non-hydrogen) atoms. The zero-order valence-corrected chi connectivity index (χ0v) is 23.8. The van der Waals surface area contributed by atoms with Crippen LogP contribution in [0.2, 0.25) is 13.1 Å². The molecule has 2 aliphatic heterocycles. The molecule has 2 heterocycles. The van der Waals surface area contributed by atoms with E-state index in [9.17, 15) is 0 Å². The van der Waals surface area contributed by atoms with Crippen molar-refractivity contribution < 1.29 is 14.2 Å². The summed E-state index contributed by atoms with van der Waals surface area (Å²) in [7, 11) is -2.05. The van der Waals surface area contributed by atoms with Crippen LogP contribution in [0.1, 0.15) is 0 Å². The third-order valence-electron chi connectivity index (χ3n) is 8.17. The van der Waals surface area contributed by atoms with Gasteiger partial charge in [0.1, 0.15) is 13.8 Å². The minimum atomic E-state index is -2.05. The van der Waals surface area contributed by atoms with Crippen molar-refractivity contribution in [1.82, 2.24) is 0 Å². The third kappa shape index (κ3) is 3.66. The van der Waals surface area contributed by atoms with Gasteiger partial charge in [0.2, 0.25) is 0 Å². The Bertz CT molecular complexity index is 1980. The minimum Gasteiger partial charge on any atom is -0.455 e. The Morgan fingerprint density at radius 1 is 0.439 bits per heavy atom. The van der Waals surface area contributed by atoms with Crippen LogP contribution in [-0.2, 0) is 0 Å². The van der Waals surface area contributed by atoms with E-state index in [4.69, 9.17) is 14.2 Å². The number of para-hydroxylation sites is 5. The number of anilines is 3. The second-order valence-corrected chi connectivity index (χ2v) is 15.3. The van der Waals surface area contributed by atoms with Gasteiger partial charge < -0.3 is 19.1 Å². The fourth-order valence-electron chi connectivity index (χ4n) is 6.13.